The Hall–Kier alpha value is -3.66. The second-order valence-electron chi connectivity index (χ2n) is 6.46. The highest BCUT2D eigenvalue weighted by Gasteiger charge is 2.16. The molecule has 0 aliphatic carbocycles. The number of hydrogen-bond acceptors (Lipinski definition) is 7. The number of aryl methyl sites for hydroxylation is 1. The molecule has 0 spiro atoms. The number of amides is 2. The third-order valence-electron chi connectivity index (χ3n) is 4.38. The molecule has 0 fully saturated rings. The van der Waals surface area contributed by atoms with Crippen LogP contribution in [-0.4, -0.2) is 36.0 Å². The first kappa shape index (κ1) is 22.0. The first-order chi connectivity index (χ1) is 14.8. The first-order valence-electron chi connectivity index (χ1n) is 9.04. The van der Waals surface area contributed by atoms with Crippen LogP contribution in [0.5, 0.6) is 11.5 Å². The van der Waals surface area contributed by atoms with Gasteiger partial charge in [0.15, 0.2) is 0 Å². The van der Waals surface area contributed by atoms with Crippen LogP contribution in [0, 0.1) is 6.92 Å². The van der Waals surface area contributed by atoms with Gasteiger partial charge in [0.2, 0.25) is 5.95 Å². The van der Waals surface area contributed by atoms with Crippen LogP contribution in [-0.2, 0) is 0 Å². The highest BCUT2D eigenvalue weighted by molar-refractivity contribution is 9.10. The number of aromatic nitrogens is 2. The molecule has 0 radical (unpaired) electrons. The van der Waals surface area contributed by atoms with Gasteiger partial charge in [-0.1, -0.05) is 6.07 Å². The molecule has 160 valence electrons. The average Bonchev–Trinajstić information content (AvgIpc) is 2.76. The number of benzene rings is 2. The van der Waals surface area contributed by atoms with Crippen LogP contribution in [0.3, 0.4) is 0 Å². The van der Waals surface area contributed by atoms with E-state index in [-0.39, 0.29) is 17.8 Å². The molecule has 31 heavy (non-hydrogen) atoms. The van der Waals surface area contributed by atoms with Gasteiger partial charge in [-0.15, -0.1) is 0 Å². The van der Waals surface area contributed by atoms with Crippen LogP contribution in [0.15, 0.2) is 47.2 Å². The lowest BCUT2D eigenvalue weighted by Crippen LogP contribution is -2.16. The number of nitrogens with zero attached hydrogens (tertiary/aromatic N) is 2. The molecule has 9 nitrogen and oxygen atoms in total. The molecule has 3 aromatic rings. The maximum Gasteiger partial charge on any atom is 0.256 e. The smallest absolute Gasteiger partial charge is 0.256 e. The standard InChI is InChI=1S/C21H20BrN5O4/c1-11-4-5-13(8-15(11)20(29)27-14-9-24-21(23)25-10-14)26-19(28)12-6-16(30-2)18(22)17(7-12)31-3/h4-10H,1-3H3,(H,26,28)(H,27,29)(H2,23,24,25). The number of halogens is 1. The van der Waals surface area contributed by atoms with Crippen LogP contribution in [0.2, 0.25) is 0 Å². The van der Waals surface area contributed by atoms with Crippen LogP contribution in [0.1, 0.15) is 26.3 Å². The number of methoxy groups -OCH3 is 2. The predicted octanol–water partition coefficient (Wildman–Crippen LogP) is 3.65. The summed E-state index contributed by atoms with van der Waals surface area (Å²) < 4.78 is 11.2. The van der Waals surface area contributed by atoms with E-state index in [1.807, 2.05) is 0 Å². The van der Waals surface area contributed by atoms with Gasteiger partial charge in [-0.3, -0.25) is 9.59 Å². The molecule has 0 aliphatic rings. The van der Waals surface area contributed by atoms with E-state index >= 15 is 0 Å². The number of carbonyl (C=O) groups excluding carboxylic acids is 2. The van der Waals surface area contributed by atoms with Crippen molar-refractivity contribution in [2.45, 2.75) is 6.92 Å². The van der Waals surface area contributed by atoms with E-state index in [1.54, 1.807) is 37.3 Å². The van der Waals surface area contributed by atoms with Crippen molar-refractivity contribution in [3.8, 4) is 11.5 Å². The van der Waals surface area contributed by atoms with Crippen LogP contribution in [0.25, 0.3) is 0 Å². The lowest BCUT2D eigenvalue weighted by Gasteiger charge is -2.13. The van der Waals surface area contributed by atoms with Gasteiger partial charge in [0.25, 0.3) is 11.8 Å². The zero-order chi connectivity index (χ0) is 22.5. The molecule has 3 rings (SSSR count). The van der Waals surface area contributed by atoms with E-state index in [0.717, 1.165) is 5.56 Å². The number of nitrogens with two attached hydrogens (primary N) is 1. The van der Waals surface area contributed by atoms with Crippen LogP contribution >= 0.6 is 15.9 Å². The Morgan fingerprint density at radius 2 is 1.52 bits per heavy atom. The number of anilines is 3. The van der Waals surface area contributed by atoms with Crippen molar-refractivity contribution in [1.82, 2.24) is 9.97 Å². The minimum absolute atomic E-state index is 0.111. The number of ether oxygens (including phenoxy) is 2. The van der Waals surface area contributed by atoms with E-state index in [9.17, 15) is 9.59 Å². The molecule has 0 atom stereocenters. The second kappa shape index (κ2) is 9.43. The minimum Gasteiger partial charge on any atom is -0.495 e. The zero-order valence-corrected chi connectivity index (χ0v) is 18.6. The highest BCUT2D eigenvalue weighted by atomic mass is 79.9. The summed E-state index contributed by atoms with van der Waals surface area (Å²) in [6.45, 7) is 1.80. The summed E-state index contributed by atoms with van der Waals surface area (Å²) in [7, 11) is 3.00. The van der Waals surface area contributed by atoms with Crippen molar-refractivity contribution in [3.05, 3.63) is 63.9 Å². The molecule has 1 heterocycles. The highest BCUT2D eigenvalue weighted by Crippen LogP contribution is 2.35. The molecule has 0 saturated heterocycles. The molecule has 1 aromatic heterocycles. The molecule has 4 N–H and O–H groups in total. The van der Waals surface area contributed by atoms with Gasteiger partial charge in [0.1, 0.15) is 16.0 Å². The number of hydrogen-bond donors (Lipinski definition) is 3. The quantitative estimate of drug-likeness (QED) is 0.485. The molecule has 0 bridgehead atoms. The lowest BCUT2D eigenvalue weighted by atomic mass is 10.1. The number of nitrogen functional groups attached to an aromatic ring is 1. The van der Waals surface area contributed by atoms with Crippen LogP contribution < -0.4 is 25.8 Å². The van der Waals surface area contributed by atoms with Gasteiger partial charge in [0.05, 0.1) is 32.3 Å². The van der Waals surface area contributed by atoms with Gasteiger partial charge in [-0.25, -0.2) is 9.97 Å². The normalized spacial score (nSPS) is 10.3. The minimum atomic E-state index is -0.383. The third kappa shape index (κ3) is 5.10. The summed E-state index contributed by atoms with van der Waals surface area (Å²) >= 11 is 3.37. The topological polar surface area (TPSA) is 128 Å². The summed E-state index contributed by atoms with van der Waals surface area (Å²) in [4.78, 5) is 33.2. The Morgan fingerprint density at radius 1 is 0.935 bits per heavy atom. The second-order valence-corrected chi connectivity index (χ2v) is 7.26. The Kier molecular flexibility index (Phi) is 6.71. The van der Waals surface area contributed by atoms with Crippen molar-refractivity contribution >= 4 is 45.1 Å². The van der Waals surface area contributed by atoms with Crippen molar-refractivity contribution in [3.63, 3.8) is 0 Å². The van der Waals surface area contributed by atoms with E-state index in [4.69, 9.17) is 15.2 Å². The molecule has 10 heteroatoms. The third-order valence-corrected chi connectivity index (χ3v) is 5.16. The van der Waals surface area contributed by atoms with Gasteiger partial charge < -0.3 is 25.8 Å². The fraction of sp³-hybridized carbons (Fsp3) is 0.143. The SMILES string of the molecule is COc1cc(C(=O)Nc2ccc(C)c(C(=O)Nc3cnc(N)nc3)c2)cc(OC)c1Br. The maximum absolute atomic E-state index is 12.8. The molecule has 0 aliphatic heterocycles. The van der Waals surface area contributed by atoms with Crippen molar-refractivity contribution < 1.29 is 19.1 Å². The van der Waals surface area contributed by atoms with Gasteiger partial charge >= 0.3 is 0 Å². The monoisotopic (exact) mass is 485 g/mol. The van der Waals surface area contributed by atoms with E-state index in [1.165, 1.54) is 26.6 Å². The van der Waals surface area contributed by atoms with Crippen LogP contribution in [0.4, 0.5) is 17.3 Å². The molecule has 0 unspecified atom stereocenters. The molecular formula is C21H20BrN5O4. The van der Waals surface area contributed by atoms with Gasteiger partial charge in [0, 0.05) is 16.8 Å². The number of carbonyl (C=O) groups is 2. The predicted molar refractivity (Wildman–Crippen MR) is 121 cm³/mol. The summed E-state index contributed by atoms with van der Waals surface area (Å²) in [5, 5.41) is 5.49. The Bertz CT molecular complexity index is 1110. The van der Waals surface area contributed by atoms with Crippen molar-refractivity contribution in [1.29, 1.82) is 0 Å². The maximum atomic E-state index is 12.8. The summed E-state index contributed by atoms with van der Waals surface area (Å²) in [6, 6.07) is 8.22. The Morgan fingerprint density at radius 3 is 2.10 bits per heavy atom. The zero-order valence-electron chi connectivity index (χ0n) is 17.0. The van der Waals surface area contributed by atoms with Crippen molar-refractivity contribution in [2.24, 2.45) is 0 Å². The summed E-state index contributed by atoms with van der Waals surface area (Å²) in [5.74, 6) is 0.277. The fourth-order valence-corrected chi connectivity index (χ4v) is 3.30. The van der Waals surface area contributed by atoms with Gasteiger partial charge in [-0.05, 0) is 52.7 Å². The van der Waals surface area contributed by atoms with E-state index in [0.29, 0.717) is 38.5 Å². The molecule has 0 saturated carbocycles. The molecular weight excluding hydrogens is 466 g/mol. The van der Waals surface area contributed by atoms with E-state index in [2.05, 4.69) is 36.5 Å². The first-order valence-corrected chi connectivity index (χ1v) is 9.84. The van der Waals surface area contributed by atoms with Crippen molar-refractivity contribution in [2.75, 3.05) is 30.6 Å². The summed E-state index contributed by atoms with van der Waals surface area (Å²) in [6.07, 6.45) is 2.82. The lowest BCUT2D eigenvalue weighted by molar-refractivity contribution is 0.101. The Balaban J connectivity index is 1.82. The molecule has 2 amide bonds. The fourth-order valence-electron chi connectivity index (χ4n) is 2.75. The largest absolute Gasteiger partial charge is 0.495 e. The Labute approximate surface area is 187 Å². The van der Waals surface area contributed by atoms with E-state index < -0.39 is 0 Å². The van der Waals surface area contributed by atoms with Gasteiger partial charge in [-0.2, -0.15) is 0 Å². The number of rotatable bonds is 6. The molecule has 2 aromatic carbocycles. The summed E-state index contributed by atoms with van der Waals surface area (Å²) in [5.41, 5.74) is 7.78. The number of nitrogens with one attached hydrogen (secondary N) is 2. The average molecular weight is 486 g/mol.